The van der Waals surface area contributed by atoms with Gasteiger partial charge in [0, 0.05) is 46.2 Å². The van der Waals surface area contributed by atoms with E-state index in [2.05, 4.69) is 23.7 Å². The minimum Gasteiger partial charge on any atom is -0.340 e. The molecule has 1 fully saturated rings. The maximum atomic E-state index is 13.2. The molecule has 3 heterocycles. The van der Waals surface area contributed by atoms with Crippen molar-refractivity contribution in [3.8, 4) is 0 Å². The Balaban J connectivity index is 1.86. The molecule has 0 amide bonds. The summed E-state index contributed by atoms with van der Waals surface area (Å²) in [5, 5.41) is 0.459. The summed E-state index contributed by atoms with van der Waals surface area (Å²) in [5.74, 6) is -1.61. The second-order valence-corrected chi connectivity index (χ2v) is 7.54. The van der Waals surface area contributed by atoms with E-state index in [0.29, 0.717) is 31.3 Å². The molecular weight excluding hydrogens is 348 g/mol. The Kier molecular flexibility index (Phi) is 4.90. The van der Waals surface area contributed by atoms with Gasteiger partial charge in [0.25, 0.3) is 5.92 Å². The fourth-order valence-electron chi connectivity index (χ4n) is 3.35. The fourth-order valence-corrected chi connectivity index (χ4v) is 3.54. The molecule has 2 aromatic heterocycles. The Morgan fingerprint density at radius 2 is 1.84 bits per heavy atom. The van der Waals surface area contributed by atoms with Crippen LogP contribution in [0.5, 0.6) is 0 Å². The molecule has 3 rings (SSSR count). The average molecular weight is 372 g/mol. The molecule has 0 saturated carbocycles. The van der Waals surface area contributed by atoms with Crippen LogP contribution in [0.3, 0.4) is 0 Å². The highest BCUT2D eigenvalue weighted by molar-refractivity contribution is 6.30. The molecule has 1 aliphatic heterocycles. The third kappa shape index (κ3) is 3.87. The lowest BCUT2D eigenvalue weighted by atomic mass is 10.1. The molecule has 0 aliphatic carbocycles. The minimum atomic E-state index is -2.66. The van der Waals surface area contributed by atoms with Crippen molar-refractivity contribution < 1.29 is 8.78 Å². The molecule has 138 valence electrons. The Morgan fingerprint density at radius 3 is 2.40 bits per heavy atom. The number of nitrogens with zero attached hydrogens (tertiary/aromatic N) is 5. The first-order chi connectivity index (χ1) is 11.7. The normalized spacial score (nSPS) is 17.0. The van der Waals surface area contributed by atoms with Crippen molar-refractivity contribution >= 4 is 28.6 Å². The minimum absolute atomic E-state index is 0.194. The van der Waals surface area contributed by atoms with Crippen molar-refractivity contribution in [2.75, 3.05) is 37.6 Å². The summed E-state index contributed by atoms with van der Waals surface area (Å²) < 4.78 is 28.4. The molecule has 5 nitrogen and oxygen atoms in total. The number of fused-ring (bicyclic) bond motifs is 1. The van der Waals surface area contributed by atoms with Crippen molar-refractivity contribution in [3.63, 3.8) is 0 Å². The summed E-state index contributed by atoms with van der Waals surface area (Å²) in [7, 11) is 1.96. The number of piperazine rings is 1. The van der Waals surface area contributed by atoms with E-state index in [9.17, 15) is 8.78 Å². The van der Waals surface area contributed by atoms with Crippen molar-refractivity contribution in [1.82, 2.24) is 19.4 Å². The lowest BCUT2D eigenvalue weighted by Gasteiger charge is -2.36. The van der Waals surface area contributed by atoms with E-state index in [-0.39, 0.29) is 12.5 Å². The van der Waals surface area contributed by atoms with Crippen molar-refractivity contribution in [2.45, 2.75) is 32.6 Å². The van der Waals surface area contributed by atoms with E-state index in [1.807, 2.05) is 17.7 Å². The van der Waals surface area contributed by atoms with Gasteiger partial charge in [0.15, 0.2) is 0 Å². The molecule has 0 bridgehead atoms. The van der Waals surface area contributed by atoms with Crippen LogP contribution < -0.4 is 4.90 Å². The van der Waals surface area contributed by atoms with Gasteiger partial charge in [-0.2, -0.15) is 0 Å². The second-order valence-electron chi connectivity index (χ2n) is 7.16. The number of hydrogen-bond donors (Lipinski definition) is 0. The average Bonchev–Trinajstić information content (AvgIpc) is 2.83. The summed E-state index contributed by atoms with van der Waals surface area (Å²) in [5.41, 5.74) is 2.69. The van der Waals surface area contributed by atoms with Gasteiger partial charge < -0.3 is 9.47 Å². The van der Waals surface area contributed by atoms with Crippen LogP contribution in [0.15, 0.2) is 6.07 Å². The highest BCUT2D eigenvalue weighted by Crippen LogP contribution is 2.29. The van der Waals surface area contributed by atoms with Gasteiger partial charge in [0.2, 0.25) is 5.95 Å². The first-order valence-corrected chi connectivity index (χ1v) is 8.91. The van der Waals surface area contributed by atoms with Gasteiger partial charge in [0.05, 0.1) is 17.8 Å². The lowest BCUT2D eigenvalue weighted by molar-refractivity contribution is -0.0156. The van der Waals surface area contributed by atoms with Gasteiger partial charge in [-0.05, 0) is 5.92 Å². The number of pyridine rings is 1. The largest absolute Gasteiger partial charge is 0.340 e. The van der Waals surface area contributed by atoms with Gasteiger partial charge in [-0.25, -0.2) is 18.7 Å². The van der Waals surface area contributed by atoms with Gasteiger partial charge >= 0.3 is 0 Å². The van der Waals surface area contributed by atoms with Crippen molar-refractivity contribution in [3.05, 3.63) is 16.9 Å². The van der Waals surface area contributed by atoms with E-state index in [0.717, 1.165) is 29.6 Å². The van der Waals surface area contributed by atoms with E-state index in [1.165, 1.54) is 0 Å². The summed E-state index contributed by atoms with van der Waals surface area (Å²) >= 11 is 6.17. The maximum absolute atomic E-state index is 13.2. The van der Waals surface area contributed by atoms with Crippen LogP contribution in [0.25, 0.3) is 11.0 Å². The Morgan fingerprint density at radius 1 is 1.20 bits per heavy atom. The Labute approximate surface area is 151 Å². The summed E-state index contributed by atoms with van der Waals surface area (Å²) in [6, 6.07) is 1.83. The number of halogens is 3. The molecule has 0 N–H and O–H groups in total. The highest BCUT2D eigenvalue weighted by atomic mass is 35.5. The number of imidazole rings is 1. The molecule has 0 unspecified atom stereocenters. The molecule has 8 heteroatoms. The number of hydrogen-bond acceptors (Lipinski definition) is 4. The Hall–Kier alpha value is -1.47. The van der Waals surface area contributed by atoms with Crippen LogP contribution in [0.2, 0.25) is 5.15 Å². The highest BCUT2D eigenvalue weighted by Gasteiger charge is 2.29. The quantitative estimate of drug-likeness (QED) is 0.770. The van der Waals surface area contributed by atoms with Crippen molar-refractivity contribution in [1.29, 1.82) is 0 Å². The molecule has 0 aromatic carbocycles. The third-order valence-electron chi connectivity index (χ3n) is 4.54. The molecular formula is C17H24ClF2N5. The van der Waals surface area contributed by atoms with Crippen LogP contribution in [-0.4, -0.2) is 58.1 Å². The van der Waals surface area contributed by atoms with Crippen LogP contribution in [0, 0.1) is 0 Å². The van der Waals surface area contributed by atoms with Gasteiger partial charge in [-0.3, -0.25) is 4.90 Å². The summed E-state index contributed by atoms with van der Waals surface area (Å²) in [4.78, 5) is 13.2. The maximum Gasteiger partial charge on any atom is 0.257 e. The molecule has 25 heavy (non-hydrogen) atoms. The zero-order valence-electron chi connectivity index (χ0n) is 15.1. The number of rotatable bonds is 4. The van der Waals surface area contributed by atoms with E-state index in [4.69, 9.17) is 16.6 Å². The van der Waals surface area contributed by atoms with Gasteiger partial charge in [0.1, 0.15) is 10.7 Å². The predicted octanol–water partition coefficient (Wildman–Crippen LogP) is 3.52. The first kappa shape index (κ1) is 18.3. The molecule has 0 radical (unpaired) electrons. The topological polar surface area (TPSA) is 37.2 Å². The van der Waals surface area contributed by atoms with E-state index in [1.54, 1.807) is 4.90 Å². The second kappa shape index (κ2) is 6.68. The van der Waals surface area contributed by atoms with Gasteiger partial charge in [-0.1, -0.05) is 25.4 Å². The van der Waals surface area contributed by atoms with Crippen LogP contribution in [0.1, 0.15) is 32.4 Å². The predicted molar refractivity (Wildman–Crippen MR) is 96.9 cm³/mol. The number of alkyl halides is 2. The molecule has 0 atom stereocenters. The summed E-state index contributed by atoms with van der Waals surface area (Å²) in [6.45, 7) is 7.45. The third-order valence-corrected chi connectivity index (χ3v) is 4.74. The monoisotopic (exact) mass is 371 g/mol. The Bertz CT molecular complexity index is 760. The molecule has 2 aromatic rings. The molecule has 0 spiro atoms. The number of aromatic nitrogens is 3. The van der Waals surface area contributed by atoms with Crippen LogP contribution >= 0.6 is 11.6 Å². The molecule has 1 aliphatic rings. The first-order valence-electron chi connectivity index (χ1n) is 8.53. The van der Waals surface area contributed by atoms with E-state index >= 15 is 0 Å². The number of aryl methyl sites for hydroxylation is 1. The standard InChI is InChI=1S/C17H24ClF2N5/c1-11(2)14-15-12(9-13(18)21-14)23(4)16(22-15)25-7-5-24(6-8-25)10-17(3,19)20/h9,11H,5-8,10H2,1-4H3. The van der Waals surface area contributed by atoms with E-state index < -0.39 is 5.92 Å². The number of anilines is 1. The van der Waals surface area contributed by atoms with Gasteiger partial charge in [-0.15, -0.1) is 0 Å². The zero-order valence-corrected chi connectivity index (χ0v) is 15.8. The molecule has 1 saturated heterocycles. The van der Waals surface area contributed by atoms with Crippen LogP contribution in [0.4, 0.5) is 14.7 Å². The lowest BCUT2D eigenvalue weighted by Crippen LogP contribution is -2.50. The van der Waals surface area contributed by atoms with Crippen LogP contribution in [-0.2, 0) is 7.05 Å². The zero-order chi connectivity index (χ0) is 18.4. The fraction of sp³-hybridized carbons (Fsp3) is 0.647. The smallest absolute Gasteiger partial charge is 0.257 e. The van der Waals surface area contributed by atoms with Crippen molar-refractivity contribution in [2.24, 2.45) is 7.05 Å². The SMILES string of the molecule is CC(C)c1nc(Cl)cc2c1nc(N1CCN(CC(C)(F)F)CC1)n2C. The summed E-state index contributed by atoms with van der Waals surface area (Å²) in [6.07, 6.45) is 0.